The molecule has 0 bridgehead atoms. The van der Waals surface area contributed by atoms with Gasteiger partial charge in [-0.05, 0) is 18.2 Å². The Balaban J connectivity index is 1.63. The number of rotatable bonds is 4. The van der Waals surface area contributed by atoms with Crippen molar-refractivity contribution in [3.05, 3.63) is 24.0 Å². The Bertz CT molecular complexity index is 846. The first-order chi connectivity index (χ1) is 14.1. The molecule has 1 unspecified atom stereocenters. The monoisotopic (exact) mass is 450 g/mol. The summed E-state index contributed by atoms with van der Waals surface area (Å²) >= 11 is 3.56. The van der Waals surface area contributed by atoms with Gasteiger partial charge < -0.3 is 19.9 Å². The lowest BCUT2D eigenvalue weighted by molar-refractivity contribution is -0.185. The van der Waals surface area contributed by atoms with E-state index in [1.54, 1.807) is 0 Å². The second-order valence-electron chi connectivity index (χ2n) is 6.72. The van der Waals surface area contributed by atoms with Crippen LogP contribution < -0.4 is 15.1 Å². The van der Waals surface area contributed by atoms with E-state index >= 15 is 0 Å². The van der Waals surface area contributed by atoms with Crippen LogP contribution in [0.5, 0.6) is 0 Å². The lowest BCUT2D eigenvalue weighted by Crippen LogP contribution is -2.52. The summed E-state index contributed by atoms with van der Waals surface area (Å²) in [6, 6.07) is 4.04. The molecule has 2 aliphatic rings. The SMILES string of the molecule is O=C(S)NCC1CN(c2ccc(N3CCN(C(=O)C(F)(F)F)CC3)c(F)c2)C(=O)O1. The van der Waals surface area contributed by atoms with Crippen molar-refractivity contribution in [3.63, 3.8) is 0 Å². The normalized spacial score (nSPS) is 19.7. The highest BCUT2D eigenvalue weighted by Crippen LogP contribution is 2.29. The molecule has 13 heteroatoms. The van der Waals surface area contributed by atoms with E-state index in [1.165, 1.54) is 21.9 Å². The molecule has 0 radical (unpaired) electrons. The van der Waals surface area contributed by atoms with Crippen LogP contribution in [0, 0.1) is 5.82 Å². The Hall–Kier alpha value is -2.70. The van der Waals surface area contributed by atoms with Gasteiger partial charge in [-0.1, -0.05) is 12.6 Å². The molecule has 2 saturated heterocycles. The van der Waals surface area contributed by atoms with Crippen molar-refractivity contribution in [3.8, 4) is 0 Å². The van der Waals surface area contributed by atoms with Crippen LogP contribution in [0.2, 0.25) is 0 Å². The molecule has 0 saturated carbocycles. The zero-order valence-corrected chi connectivity index (χ0v) is 16.4. The van der Waals surface area contributed by atoms with Crippen LogP contribution in [0.1, 0.15) is 0 Å². The minimum atomic E-state index is -4.94. The maximum atomic E-state index is 14.7. The van der Waals surface area contributed by atoms with E-state index in [0.29, 0.717) is 4.90 Å². The van der Waals surface area contributed by atoms with Crippen LogP contribution in [-0.4, -0.2) is 73.7 Å². The molecular formula is C17H18F4N4O4S. The van der Waals surface area contributed by atoms with Crippen molar-refractivity contribution < 1.29 is 36.7 Å². The summed E-state index contributed by atoms with van der Waals surface area (Å²) in [7, 11) is 0. The highest BCUT2D eigenvalue weighted by atomic mass is 32.1. The highest BCUT2D eigenvalue weighted by Gasteiger charge is 2.43. The van der Waals surface area contributed by atoms with Gasteiger partial charge >= 0.3 is 18.2 Å². The van der Waals surface area contributed by atoms with Crippen molar-refractivity contribution in [2.75, 3.05) is 49.1 Å². The summed E-state index contributed by atoms with van der Waals surface area (Å²) in [6.45, 7) is -0.131. The number of cyclic esters (lactones) is 1. The van der Waals surface area contributed by atoms with Gasteiger partial charge in [0.2, 0.25) is 0 Å². The average Bonchev–Trinajstić information content (AvgIpc) is 3.06. The molecule has 2 heterocycles. The maximum Gasteiger partial charge on any atom is 0.471 e. The van der Waals surface area contributed by atoms with E-state index in [-0.39, 0.29) is 50.6 Å². The first kappa shape index (κ1) is 22.0. The smallest absolute Gasteiger partial charge is 0.442 e. The topological polar surface area (TPSA) is 82.2 Å². The largest absolute Gasteiger partial charge is 0.471 e. The van der Waals surface area contributed by atoms with Crippen LogP contribution >= 0.6 is 12.6 Å². The molecule has 3 rings (SSSR count). The molecule has 1 atom stereocenters. The number of alkyl halides is 3. The Morgan fingerprint density at radius 1 is 1.20 bits per heavy atom. The summed E-state index contributed by atoms with van der Waals surface area (Å²) in [5.41, 5.74) is 0.399. The third-order valence-electron chi connectivity index (χ3n) is 4.75. The van der Waals surface area contributed by atoms with Crippen LogP contribution in [0.15, 0.2) is 18.2 Å². The minimum Gasteiger partial charge on any atom is -0.442 e. The van der Waals surface area contributed by atoms with Crippen LogP contribution in [0.25, 0.3) is 0 Å². The summed E-state index contributed by atoms with van der Waals surface area (Å²) in [4.78, 5) is 37.6. The number of ether oxygens (including phenoxy) is 1. The number of nitrogens with one attached hydrogen (secondary N) is 1. The lowest BCUT2D eigenvalue weighted by Gasteiger charge is -2.36. The van der Waals surface area contributed by atoms with E-state index in [4.69, 9.17) is 4.74 Å². The fraction of sp³-hybridized carbons (Fsp3) is 0.471. The summed E-state index contributed by atoms with van der Waals surface area (Å²) in [5, 5.41) is 1.83. The van der Waals surface area contributed by atoms with Crippen molar-refractivity contribution in [1.29, 1.82) is 0 Å². The Morgan fingerprint density at radius 3 is 2.43 bits per heavy atom. The predicted octanol–water partition coefficient (Wildman–Crippen LogP) is 2.00. The van der Waals surface area contributed by atoms with Gasteiger partial charge in [-0.3, -0.25) is 14.5 Å². The Kier molecular flexibility index (Phi) is 6.29. The number of carbonyl (C=O) groups is 3. The Labute approximate surface area is 174 Å². The second kappa shape index (κ2) is 8.58. The molecule has 1 aromatic carbocycles. The van der Waals surface area contributed by atoms with Crippen molar-refractivity contribution in [2.24, 2.45) is 0 Å². The van der Waals surface area contributed by atoms with E-state index in [9.17, 15) is 31.9 Å². The van der Waals surface area contributed by atoms with E-state index in [0.717, 1.165) is 6.07 Å². The fourth-order valence-corrected chi connectivity index (χ4v) is 3.38. The van der Waals surface area contributed by atoms with Gasteiger partial charge in [0, 0.05) is 26.2 Å². The third kappa shape index (κ3) is 4.89. The number of thiol groups is 1. The lowest BCUT2D eigenvalue weighted by atomic mass is 10.2. The summed E-state index contributed by atoms with van der Waals surface area (Å²) in [6.07, 6.45) is -6.25. The Morgan fingerprint density at radius 2 is 1.87 bits per heavy atom. The van der Waals surface area contributed by atoms with Crippen molar-refractivity contribution >= 4 is 41.2 Å². The number of halogens is 4. The highest BCUT2D eigenvalue weighted by molar-refractivity contribution is 7.96. The van der Waals surface area contributed by atoms with Gasteiger partial charge in [0.15, 0.2) is 0 Å². The number of benzene rings is 1. The quantitative estimate of drug-likeness (QED) is 0.542. The van der Waals surface area contributed by atoms with Crippen molar-refractivity contribution in [2.45, 2.75) is 12.3 Å². The standard InChI is InChI=1S/C17H18F4N4O4S/c18-12-7-10(25-9-11(29-16(25)28)8-22-15(27)30)1-2-13(12)23-3-5-24(6-4-23)14(26)17(19,20)21/h1-2,7,11H,3-6,8-9H2,(H2,22,27,30). The molecule has 0 aromatic heterocycles. The minimum absolute atomic E-state index is 0.0370. The molecule has 3 amide bonds. The van der Waals surface area contributed by atoms with Crippen LogP contribution in [0.3, 0.4) is 0 Å². The number of carbonyl (C=O) groups excluding carboxylic acids is 3. The molecule has 1 aromatic rings. The molecule has 164 valence electrons. The van der Waals surface area contributed by atoms with Crippen LogP contribution in [0.4, 0.5) is 38.5 Å². The molecule has 8 nitrogen and oxygen atoms in total. The third-order valence-corrected chi connectivity index (χ3v) is 4.91. The average molecular weight is 450 g/mol. The van der Waals surface area contributed by atoms with Gasteiger partial charge in [-0.25, -0.2) is 9.18 Å². The van der Waals surface area contributed by atoms with Crippen molar-refractivity contribution in [1.82, 2.24) is 10.2 Å². The molecule has 0 aliphatic carbocycles. The van der Waals surface area contributed by atoms with E-state index < -0.39 is 35.3 Å². The fourth-order valence-electron chi connectivity index (χ4n) is 3.29. The second-order valence-corrected chi connectivity index (χ2v) is 7.12. The first-order valence-corrected chi connectivity index (χ1v) is 9.36. The molecule has 2 aliphatic heterocycles. The van der Waals surface area contributed by atoms with E-state index in [1.807, 2.05) is 0 Å². The number of hydrogen-bond acceptors (Lipinski definition) is 5. The molecule has 1 N–H and O–H groups in total. The van der Waals surface area contributed by atoms with Gasteiger partial charge in [0.1, 0.15) is 11.9 Å². The van der Waals surface area contributed by atoms with Crippen LogP contribution in [-0.2, 0) is 9.53 Å². The molecular weight excluding hydrogens is 432 g/mol. The zero-order chi connectivity index (χ0) is 22.1. The van der Waals surface area contributed by atoms with E-state index in [2.05, 4.69) is 17.9 Å². The van der Waals surface area contributed by atoms with Gasteiger partial charge in [-0.15, -0.1) is 0 Å². The molecule has 30 heavy (non-hydrogen) atoms. The molecule has 2 fully saturated rings. The van der Waals surface area contributed by atoms with Gasteiger partial charge in [0.05, 0.1) is 24.5 Å². The molecule has 0 spiro atoms. The number of amides is 3. The first-order valence-electron chi connectivity index (χ1n) is 8.92. The summed E-state index contributed by atoms with van der Waals surface area (Å²) < 4.78 is 57.3. The van der Waals surface area contributed by atoms with Gasteiger partial charge in [0.25, 0.3) is 5.24 Å². The zero-order valence-electron chi connectivity index (χ0n) is 15.5. The predicted molar refractivity (Wildman–Crippen MR) is 101 cm³/mol. The maximum absolute atomic E-state index is 14.7. The number of piperazine rings is 1. The summed E-state index contributed by atoms with van der Waals surface area (Å²) in [5.74, 6) is -2.57. The van der Waals surface area contributed by atoms with Gasteiger partial charge in [-0.2, -0.15) is 13.2 Å². The number of nitrogens with zero attached hydrogens (tertiary/aromatic N) is 3. The number of anilines is 2. The number of hydrogen-bond donors (Lipinski definition) is 2.